The Morgan fingerprint density at radius 3 is 2.67 bits per heavy atom. The van der Waals surface area contributed by atoms with Crippen molar-refractivity contribution in [1.82, 2.24) is 16.0 Å². The van der Waals surface area contributed by atoms with Crippen molar-refractivity contribution in [3.05, 3.63) is 35.4 Å². The smallest absolute Gasteiger partial charge is 0.338 e. The number of methoxy groups -OCH3 is 1. The van der Waals surface area contributed by atoms with Gasteiger partial charge >= 0.3 is 18.0 Å². The average molecular weight is 379 g/mol. The van der Waals surface area contributed by atoms with Crippen molar-refractivity contribution in [2.24, 2.45) is 5.92 Å². The molecular formula is C18H25N3O6. The Kier molecular flexibility index (Phi) is 7.00. The molecule has 2 rings (SSSR count). The third-order valence-electron chi connectivity index (χ3n) is 4.10. The summed E-state index contributed by atoms with van der Waals surface area (Å²) in [6.07, 6.45) is 1.45. The molecule has 0 spiro atoms. The van der Waals surface area contributed by atoms with E-state index in [1.165, 1.54) is 13.4 Å². The van der Waals surface area contributed by atoms with Gasteiger partial charge in [0.25, 0.3) is 0 Å². The van der Waals surface area contributed by atoms with E-state index in [9.17, 15) is 14.4 Å². The summed E-state index contributed by atoms with van der Waals surface area (Å²) in [5.74, 6) is -0.658. The SMILES string of the molecule is CCOC(=O)C1=C(CNC(C(=O)OC)C(C)C)NC(=O)NC1c1ccco1. The van der Waals surface area contributed by atoms with E-state index < -0.39 is 30.1 Å². The maximum atomic E-state index is 12.6. The monoisotopic (exact) mass is 379 g/mol. The van der Waals surface area contributed by atoms with E-state index in [2.05, 4.69) is 16.0 Å². The van der Waals surface area contributed by atoms with Crippen LogP contribution in [0.4, 0.5) is 4.79 Å². The van der Waals surface area contributed by atoms with Crippen molar-refractivity contribution in [2.45, 2.75) is 32.9 Å². The summed E-state index contributed by atoms with van der Waals surface area (Å²) >= 11 is 0. The van der Waals surface area contributed by atoms with Gasteiger partial charge in [0, 0.05) is 12.2 Å². The molecule has 27 heavy (non-hydrogen) atoms. The normalized spacial score (nSPS) is 18.0. The largest absolute Gasteiger partial charge is 0.468 e. The fourth-order valence-corrected chi connectivity index (χ4v) is 2.81. The molecule has 0 saturated carbocycles. The molecular weight excluding hydrogens is 354 g/mol. The van der Waals surface area contributed by atoms with Crippen molar-refractivity contribution in [3.8, 4) is 0 Å². The molecule has 0 radical (unpaired) electrons. The average Bonchev–Trinajstić information content (AvgIpc) is 3.15. The maximum Gasteiger partial charge on any atom is 0.338 e. The highest BCUT2D eigenvalue weighted by Crippen LogP contribution is 2.28. The predicted octanol–water partition coefficient (Wildman–Crippen LogP) is 1.24. The summed E-state index contributed by atoms with van der Waals surface area (Å²) in [4.78, 5) is 36.6. The van der Waals surface area contributed by atoms with Crippen LogP contribution >= 0.6 is 0 Å². The Bertz CT molecular complexity index is 711. The summed E-state index contributed by atoms with van der Waals surface area (Å²) in [5.41, 5.74) is 0.527. The fraction of sp³-hybridized carbons (Fsp3) is 0.500. The second kappa shape index (κ2) is 9.22. The van der Waals surface area contributed by atoms with E-state index in [-0.39, 0.29) is 24.6 Å². The molecule has 1 aromatic heterocycles. The Balaban J connectivity index is 2.36. The molecule has 148 valence electrons. The van der Waals surface area contributed by atoms with Gasteiger partial charge in [0.1, 0.15) is 17.8 Å². The third-order valence-corrected chi connectivity index (χ3v) is 4.10. The van der Waals surface area contributed by atoms with E-state index in [1.807, 2.05) is 13.8 Å². The molecule has 0 saturated heterocycles. The molecule has 2 atom stereocenters. The Labute approximate surface area is 157 Å². The lowest BCUT2D eigenvalue weighted by atomic mass is 9.99. The number of furan rings is 1. The van der Waals surface area contributed by atoms with Gasteiger partial charge < -0.3 is 24.5 Å². The van der Waals surface area contributed by atoms with E-state index in [0.29, 0.717) is 11.5 Å². The van der Waals surface area contributed by atoms with Crippen molar-refractivity contribution < 1.29 is 28.3 Å². The van der Waals surface area contributed by atoms with Crippen LogP contribution in [-0.4, -0.2) is 44.3 Å². The van der Waals surface area contributed by atoms with Gasteiger partial charge in [-0.25, -0.2) is 9.59 Å². The summed E-state index contributed by atoms with van der Waals surface area (Å²) in [6.45, 7) is 5.66. The Morgan fingerprint density at radius 2 is 2.11 bits per heavy atom. The highest BCUT2D eigenvalue weighted by Gasteiger charge is 2.35. The van der Waals surface area contributed by atoms with Crippen LogP contribution in [0.15, 0.2) is 34.1 Å². The van der Waals surface area contributed by atoms with Crippen LogP contribution in [0.25, 0.3) is 0 Å². The summed E-state index contributed by atoms with van der Waals surface area (Å²) in [6, 6.07) is 1.45. The van der Waals surface area contributed by atoms with Crippen LogP contribution in [0, 0.1) is 5.92 Å². The van der Waals surface area contributed by atoms with E-state index in [4.69, 9.17) is 13.9 Å². The van der Waals surface area contributed by atoms with Crippen molar-refractivity contribution >= 4 is 18.0 Å². The van der Waals surface area contributed by atoms with Gasteiger partial charge in [0.15, 0.2) is 0 Å². The second-order valence-corrected chi connectivity index (χ2v) is 6.29. The predicted molar refractivity (Wildman–Crippen MR) is 95.4 cm³/mol. The molecule has 9 heteroatoms. The minimum atomic E-state index is -0.791. The van der Waals surface area contributed by atoms with E-state index in [1.54, 1.807) is 19.1 Å². The number of rotatable bonds is 8. The number of esters is 2. The van der Waals surface area contributed by atoms with Crippen LogP contribution in [-0.2, 0) is 19.1 Å². The van der Waals surface area contributed by atoms with Crippen molar-refractivity contribution in [2.75, 3.05) is 20.3 Å². The molecule has 2 heterocycles. The molecule has 0 aliphatic carbocycles. The molecule has 9 nitrogen and oxygen atoms in total. The maximum absolute atomic E-state index is 12.6. The molecule has 0 aromatic carbocycles. The summed E-state index contributed by atoms with van der Waals surface area (Å²) < 4.78 is 15.3. The van der Waals surface area contributed by atoms with Crippen LogP contribution in [0.5, 0.6) is 0 Å². The van der Waals surface area contributed by atoms with Gasteiger partial charge in [0.2, 0.25) is 0 Å². The first-order chi connectivity index (χ1) is 12.9. The van der Waals surface area contributed by atoms with Gasteiger partial charge in [-0.2, -0.15) is 0 Å². The third kappa shape index (κ3) is 4.88. The number of nitrogens with one attached hydrogen (secondary N) is 3. The molecule has 2 amide bonds. The molecule has 1 aliphatic rings. The lowest BCUT2D eigenvalue weighted by Gasteiger charge is -2.29. The van der Waals surface area contributed by atoms with Crippen LogP contribution in [0.1, 0.15) is 32.6 Å². The number of hydrogen-bond donors (Lipinski definition) is 3. The molecule has 1 aliphatic heterocycles. The van der Waals surface area contributed by atoms with Gasteiger partial charge in [-0.15, -0.1) is 0 Å². The first-order valence-electron chi connectivity index (χ1n) is 8.71. The highest BCUT2D eigenvalue weighted by molar-refractivity contribution is 5.95. The molecule has 0 fully saturated rings. The quantitative estimate of drug-likeness (QED) is 0.581. The summed E-state index contributed by atoms with van der Waals surface area (Å²) in [7, 11) is 1.31. The molecule has 0 bridgehead atoms. The van der Waals surface area contributed by atoms with Crippen LogP contribution in [0.3, 0.4) is 0 Å². The van der Waals surface area contributed by atoms with Gasteiger partial charge in [-0.1, -0.05) is 13.8 Å². The standard InChI is InChI=1S/C18H25N3O6/c1-5-26-16(22)13-11(9-19-14(10(2)3)17(23)25-4)20-18(24)21-15(13)12-7-6-8-27-12/h6-8,10,14-15,19H,5,9H2,1-4H3,(H2,20,21,24). The lowest BCUT2D eigenvalue weighted by molar-refractivity contribution is -0.144. The number of carbonyl (C=O) groups excluding carboxylic acids is 3. The Morgan fingerprint density at radius 1 is 1.37 bits per heavy atom. The number of urea groups is 1. The Hall–Kier alpha value is -2.81. The van der Waals surface area contributed by atoms with E-state index >= 15 is 0 Å². The fourth-order valence-electron chi connectivity index (χ4n) is 2.81. The van der Waals surface area contributed by atoms with Gasteiger partial charge in [-0.05, 0) is 25.0 Å². The minimum Gasteiger partial charge on any atom is -0.468 e. The second-order valence-electron chi connectivity index (χ2n) is 6.29. The first-order valence-corrected chi connectivity index (χ1v) is 8.71. The molecule has 3 N–H and O–H groups in total. The van der Waals surface area contributed by atoms with Crippen LogP contribution in [0.2, 0.25) is 0 Å². The number of amides is 2. The number of hydrogen-bond acceptors (Lipinski definition) is 7. The van der Waals surface area contributed by atoms with Crippen LogP contribution < -0.4 is 16.0 Å². The zero-order chi connectivity index (χ0) is 20.0. The zero-order valence-electron chi connectivity index (χ0n) is 15.8. The van der Waals surface area contributed by atoms with E-state index in [0.717, 1.165) is 0 Å². The molecule has 2 unspecified atom stereocenters. The summed E-state index contributed by atoms with van der Waals surface area (Å²) in [5, 5.41) is 8.32. The van der Waals surface area contributed by atoms with Crippen molar-refractivity contribution in [1.29, 1.82) is 0 Å². The topological polar surface area (TPSA) is 119 Å². The first kappa shape index (κ1) is 20.5. The number of ether oxygens (including phenoxy) is 2. The van der Waals surface area contributed by atoms with Crippen molar-refractivity contribution in [3.63, 3.8) is 0 Å². The van der Waals surface area contributed by atoms with Gasteiger partial charge in [-0.3, -0.25) is 10.1 Å². The lowest BCUT2D eigenvalue weighted by Crippen LogP contribution is -2.50. The minimum absolute atomic E-state index is 0.0534. The zero-order valence-corrected chi connectivity index (χ0v) is 15.8. The number of carbonyl (C=O) groups is 3. The van der Waals surface area contributed by atoms with Gasteiger partial charge in [0.05, 0.1) is 25.6 Å². The molecule has 1 aromatic rings. The highest BCUT2D eigenvalue weighted by atomic mass is 16.5.